The van der Waals surface area contributed by atoms with Crippen LogP contribution in [0.2, 0.25) is 13.3 Å². The number of halogens is 1. The summed E-state index contributed by atoms with van der Waals surface area (Å²) in [6.45, 7) is 6.96. The number of hydrogen-bond donors (Lipinski definition) is 0. The zero-order chi connectivity index (χ0) is 24.6. The molecule has 34 heavy (non-hydrogen) atoms. The van der Waals surface area contributed by atoms with Crippen molar-refractivity contribution in [2.45, 2.75) is 77.5 Å². The second-order valence-electron chi connectivity index (χ2n) is 9.52. The van der Waals surface area contributed by atoms with Gasteiger partial charge in [-0.15, -0.1) is 0 Å². The molecule has 3 aromatic rings. The van der Waals surface area contributed by atoms with Gasteiger partial charge < -0.3 is 0 Å². The molecule has 5 heteroatoms. The maximum atomic E-state index is 13.8. The quantitative estimate of drug-likeness (QED) is 0.147. The number of unbranched alkanes of at least 4 members (excludes halogenated alkanes) is 3. The summed E-state index contributed by atoms with van der Waals surface area (Å²) in [6, 6.07) is 15.8. The molecule has 0 radical (unpaired) electrons. The van der Waals surface area contributed by atoms with Crippen LogP contribution in [-0.4, -0.2) is 34.2 Å². The van der Waals surface area contributed by atoms with Crippen molar-refractivity contribution in [3.63, 3.8) is 0 Å². The van der Waals surface area contributed by atoms with Crippen LogP contribution >= 0.6 is 11.8 Å². The van der Waals surface area contributed by atoms with E-state index < -0.39 is 18.4 Å². The Labute approximate surface area is 214 Å². The van der Waals surface area contributed by atoms with Crippen LogP contribution in [0.4, 0.5) is 4.39 Å². The molecular weight excluding hydrogens is 546 g/mol. The zero-order valence-electron chi connectivity index (χ0n) is 21.7. The zero-order valence-corrected chi connectivity index (χ0v) is 25.3. The Bertz CT molecular complexity index is 1010. The summed E-state index contributed by atoms with van der Waals surface area (Å²) in [5.41, 5.74) is 3.34. The van der Waals surface area contributed by atoms with E-state index in [1.54, 1.807) is 27.6 Å². The van der Waals surface area contributed by atoms with E-state index >= 15 is 0 Å². The summed E-state index contributed by atoms with van der Waals surface area (Å²) in [4.78, 5) is 6.58. The van der Waals surface area contributed by atoms with Crippen molar-refractivity contribution in [2.75, 3.05) is 6.26 Å². The Morgan fingerprint density at radius 3 is 1.76 bits per heavy atom. The molecule has 0 bridgehead atoms. The van der Waals surface area contributed by atoms with Gasteiger partial charge in [0.2, 0.25) is 0 Å². The van der Waals surface area contributed by atoms with Crippen LogP contribution in [-0.2, 0) is 7.05 Å². The molecule has 1 heterocycles. The normalized spacial score (nSPS) is 11.8. The molecule has 0 aliphatic rings. The van der Waals surface area contributed by atoms with Crippen molar-refractivity contribution in [3.8, 4) is 22.6 Å². The minimum atomic E-state index is -2.83. The van der Waals surface area contributed by atoms with E-state index in [4.69, 9.17) is 4.98 Å². The van der Waals surface area contributed by atoms with Crippen molar-refractivity contribution >= 4 is 33.8 Å². The predicted octanol–water partition coefficient (Wildman–Crippen LogP) is 8.67. The van der Waals surface area contributed by atoms with Crippen molar-refractivity contribution in [1.82, 2.24) is 9.55 Å². The van der Waals surface area contributed by atoms with Crippen LogP contribution in [0.1, 0.15) is 59.3 Å². The van der Waals surface area contributed by atoms with E-state index in [2.05, 4.69) is 62.9 Å². The Morgan fingerprint density at radius 2 is 1.29 bits per heavy atom. The van der Waals surface area contributed by atoms with Crippen molar-refractivity contribution in [2.24, 2.45) is 7.05 Å². The summed E-state index contributed by atoms with van der Waals surface area (Å²) in [7, 11) is 2.24. The Balaban J connectivity index is 2.26. The summed E-state index contributed by atoms with van der Waals surface area (Å²) >= 11 is -1.07. The number of thioether (sulfide) groups is 1. The van der Waals surface area contributed by atoms with Gasteiger partial charge in [-0.1, -0.05) is 0 Å². The SMILES string of the molecule is CCC[CH2][Sn]([CH2]CCC)([CH2]CCC)[c]1c(-c2ccc(F)cc2)nc(-c2ccc(SC)cc2)n1C. The van der Waals surface area contributed by atoms with Gasteiger partial charge >= 0.3 is 216 Å². The number of benzene rings is 2. The fourth-order valence-corrected chi connectivity index (χ4v) is 22.9. The molecule has 1 aromatic heterocycles. The predicted molar refractivity (Wildman–Crippen MR) is 150 cm³/mol. The van der Waals surface area contributed by atoms with Crippen LogP contribution < -0.4 is 3.71 Å². The van der Waals surface area contributed by atoms with Crippen LogP contribution in [0.15, 0.2) is 53.4 Å². The summed E-state index contributed by atoms with van der Waals surface area (Å²) in [5, 5.41) is 0. The van der Waals surface area contributed by atoms with Gasteiger partial charge in [-0.05, 0) is 0 Å². The van der Waals surface area contributed by atoms with Gasteiger partial charge in [-0.3, -0.25) is 0 Å². The molecule has 3 rings (SSSR count). The molecule has 0 aliphatic heterocycles. The molecular formula is C29H41FN2SSn. The molecule has 0 atom stereocenters. The molecule has 0 N–H and O–H groups in total. The molecule has 184 valence electrons. The average Bonchev–Trinajstić information content (AvgIpc) is 3.22. The number of nitrogens with zero attached hydrogens (tertiary/aromatic N) is 2. The van der Waals surface area contributed by atoms with E-state index in [9.17, 15) is 4.39 Å². The minimum absolute atomic E-state index is 0.188. The first kappa shape index (κ1) is 27.3. The number of hydrogen-bond acceptors (Lipinski definition) is 2. The molecule has 2 nitrogen and oxygen atoms in total. The molecule has 0 fully saturated rings. The van der Waals surface area contributed by atoms with Gasteiger partial charge in [0.15, 0.2) is 0 Å². The number of rotatable bonds is 13. The average molecular weight is 587 g/mol. The monoisotopic (exact) mass is 588 g/mol. The molecule has 0 unspecified atom stereocenters. The van der Waals surface area contributed by atoms with E-state index in [1.165, 1.54) is 56.7 Å². The maximum absolute atomic E-state index is 13.8. The first-order chi connectivity index (χ1) is 16.5. The second kappa shape index (κ2) is 13.2. The van der Waals surface area contributed by atoms with Gasteiger partial charge in [-0.25, -0.2) is 0 Å². The fraction of sp³-hybridized carbons (Fsp3) is 0.483. The summed E-state index contributed by atoms with van der Waals surface area (Å²) in [6.07, 6.45) is 9.73. The molecule has 0 saturated carbocycles. The van der Waals surface area contributed by atoms with E-state index in [1.807, 2.05) is 12.1 Å². The van der Waals surface area contributed by atoms with Crippen LogP contribution in [0, 0.1) is 5.82 Å². The van der Waals surface area contributed by atoms with Crippen molar-refractivity contribution in [3.05, 3.63) is 54.3 Å². The standard InChI is InChI=1S/C17H14FN2S.3C4H9.Sn/c1-20-11-16(12-3-7-14(18)8-4-12)19-17(20)13-5-9-15(21-2)10-6-13;3*1-3-4-2;/h3-10H,1-2H3;3*1,3-4H2,2H3;. The van der Waals surface area contributed by atoms with Gasteiger partial charge in [0.1, 0.15) is 0 Å². The molecule has 0 spiro atoms. The molecule has 0 aliphatic carbocycles. The van der Waals surface area contributed by atoms with E-state index in [-0.39, 0.29) is 5.82 Å². The third-order valence-corrected chi connectivity index (χ3v) is 23.6. The summed E-state index contributed by atoms with van der Waals surface area (Å²) in [5.74, 6) is 0.861. The third kappa shape index (κ3) is 6.29. The number of aromatic nitrogens is 2. The van der Waals surface area contributed by atoms with E-state index in [0.29, 0.717) is 0 Å². The van der Waals surface area contributed by atoms with Crippen LogP contribution in [0.25, 0.3) is 22.6 Å². The van der Waals surface area contributed by atoms with Gasteiger partial charge in [0.25, 0.3) is 0 Å². The fourth-order valence-electron chi connectivity index (χ4n) is 5.19. The molecule has 2 aromatic carbocycles. The molecule has 0 amide bonds. The first-order valence-corrected chi connectivity index (χ1v) is 21.7. The van der Waals surface area contributed by atoms with Crippen LogP contribution in [0.5, 0.6) is 0 Å². The first-order valence-electron chi connectivity index (χ1n) is 13.0. The topological polar surface area (TPSA) is 17.8 Å². The Hall–Kier alpha value is -1.27. The van der Waals surface area contributed by atoms with Gasteiger partial charge in [-0.2, -0.15) is 0 Å². The van der Waals surface area contributed by atoms with E-state index in [0.717, 1.165) is 22.6 Å². The second-order valence-corrected chi connectivity index (χ2v) is 23.3. The Kier molecular flexibility index (Phi) is 10.6. The van der Waals surface area contributed by atoms with Crippen LogP contribution in [0.3, 0.4) is 0 Å². The van der Waals surface area contributed by atoms with Gasteiger partial charge in [0, 0.05) is 0 Å². The van der Waals surface area contributed by atoms with Crippen molar-refractivity contribution < 1.29 is 4.39 Å². The third-order valence-electron chi connectivity index (χ3n) is 7.09. The summed E-state index contributed by atoms with van der Waals surface area (Å²) < 4.78 is 22.0. The Morgan fingerprint density at radius 1 is 0.794 bits per heavy atom. The number of imidazole rings is 1. The van der Waals surface area contributed by atoms with Gasteiger partial charge in [0.05, 0.1) is 0 Å². The molecule has 0 saturated heterocycles. The van der Waals surface area contributed by atoms with Crippen molar-refractivity contribution in [1.29, 1.82) is 0 Å².